The van der Waals surface area contributed by atoms with Crippen molar-refractivity contribution in [2.75, 3.05) is 43.1 Å². The molecule has 1 saturated heterocycles. The van der Waals surface area contributed by atoms with Crippen LogP contribution in [0.15, 0.2) is 42.5 Å². The second-order valence-corrected chi connectivity index (χ2v) is 6.82. The van der Waals surface area contributed by atoms with Gasteiger partial charge < -0.3 is 25.4 Å². The van der Waals surface area contributed by atoms with Crippen molar-refractivity contribution in [2.24, 2.45) is 5.73 Å². The fourth-order valence-corrected chi connectivity index (χ4v) is 3.39. The van der Waals surface area contributed by atoms with Crippen LogP contribution in [-0.2, 0) is 0 Å². The van der Waals surface area contributed by atoms with E-state index in [1.165, 1.54) is 19.3 Å². The lowest BCUT2D eigenvalue weighted by Crippen LogP contribution is -2.29. The highest BCUT2D eigenvalue weighted by Gasteiger charge is 2.15. The predicted octanol–water partition coefficient (Wildman–Crippen LogP) is 3.67. The van der Waals surface area contributed by atoms with Crippen LogP contribution in [0.4, 0.5) is 11.4 Å². The van der Waals surface area contributed by atoms with Gasteiger partial charge in [0.25, 0.3) is 5.91 Å². The van der Waals surface area contributed by atoms with Crippen molar-refractivity contribution in [1.29, 1.82) is 0 Å². The third kappa shape index (κ3) is 5.31. The standard InChI is InChI=1S/C22H29N3O3/c1-2-27-18-7-9-19(10-8-18)28-15-12-24-21-11-6-17(16-20(21)22(23)26)25-13-4-3-5-14-25/h6-11,16,24H,2-5,12-15H2,1H3,(H2,23,26). The molecule has 2 aromatic carbocycles. The molecule has 0 aromatic heterocycles. The molecule has 1 heterocycles. The number of ether oxygens (including phenoxy) is 2. The molecule has 3 rings (SSSR count). The third-order valence-electron chi connectivity index (χ3n) is 4.81. The zero-order chi connectivity index (χ0) is 19.8. The van der Waals surface area contributed by atoms with Crippen molar-refractivity contribution in [3.63, 3.8) is 0 Å². The minimum absolute atomic E-state index is 0.422. The molecular weight excluding hydrogens is 354 g/mol. The Morgan fingerprint density at radius 3 is 2.36 bits per heavy atom. The molecule has 28 heavy (non-hydrogen) atoms. The molecule has 1 fully saturated rings. The number of hydrogen-bond donors (Lipinski definition) is 2. The molecule has 0 radical (unpaired) electrons. The molecule has 0 atom stereocenters. The van der Waals surface area contributed by atoms with Gasteiger partial charge >= 0.3 is 0 Å². The van der Waals surface area contributed by atoms with E-state index < -0.39 is 5.91 Å². The van der Waals surface area contributed by atoms with E-state index in [0.29, 0.717) is 25.3 Å². The minimum atomic E-state index is -0.422. The lowest BCUT2D eigenvalue weighted by molar-refractivity contribution is 0.100. The summed E-state index contributed by atoms with van der Waals surface area (Å²) >= 11 is 0. The quantitative estimate of drug-likeness (QED) is 0.646. The number of primary amides is 1. The first-order valence-electron chi connectivity index (χ1n) is 9.95. The van der Waals surface area contributed by atoms with E-state index >= 15 is 0 Å². The predicted molar refractivity (Wildman–Crippen MR) is 113 cm³/mol. The van der Waals surface area contributed by atoms with Gasteiger partial charge in [-0.3, -0.25) is 4.79 Å². The summed E-state index contributed by atoms with van der Waals surface area (Å²) in [4.78, 5) is 14.2. The molecule has 6 heteroatoms. The maximum atomic E-state index is 11.9. The van der Waals surface area contributed by atoms with Gasteiger partial charge in [-0.05, 0) is 68.7 Å². The molecular formula is C22H29N3O3. The van der Waals surface area contributed by atoms with Gasteiger partial charge in [-0.2, -0.15) is 0 Å². The van der Waals surface area contributed by atoms with Crippen LogP contribution < -0.4 is 25.4 Å². The van der Waals surface area contributed by atoms with E-state index in [1.807, 2.05) is 49.4 Å². The molecule has 1 aliphatic rings. The number of amides is 1. The van der Waals surface area contributed by atoms with Gasteiger partial charge in [-0.25, -0.2) is 0 Å². The Hall–Kier alpha value is -2.89. The Balaban J connectivity index is 1.55. The summed E-state index contributed by atoms with van der Waals surface area (Å²) < 4.78 is 11.2. The molecule has 0 spiro atoms. The molecule has 0 unspecified atom stereocenters. The van der Waals surface area contributed by atoms with Crippen LogP contribution in [0.2, 0.25) is 0 Å². The van der Waals surface area contributed by atoms with Gasteiger partial charge in [0.2, 0.25) is 0 Å². The first-order valence-corrected chi connectivity index (χ1v) is 9.95. The Morgan fingerprint density at radius 1 is 1.04 bits per heavy atom. The molecule has 6 nitrogen and oxygen atoms in total. The molecule has 2 aromatic rings. The first kappa shape index (κ1) is 19.9. The molecule has 0 saturated carbocycles. The van der Waals surface area contributed by atoms with Gasteiger partial charge in [0.05, 0.1) is 12.2 Å². The van der Waals surface area contributed by atoms with Crippen LogP contribution in [0.1, 0.15) is 36.5 Å². The summed E-state index contributed by atoms with van der Waals surface area (Å²) in [6.45, 7) is 5.69. The topological polar surface area (TPSA) is 76.8 Å². The number of nitrogens with two attached hydrogens (primary N) is 1. The highest BCUT2D eigenvalue weighted by molar-refractivity contribution is 5.99. The number of nitrogens with zero attached hydrogens (tertiary/aromatic N) is 1. The summed E-state index contributed by atoms with van der Waals surface area (Å²) in [6.07, 6.45) is 3.65. The van der Waals surface area contributed by atoms with Gasteiger partial charge in [-0.15, -0.1) is 0 Å². The number of hydrogen-bond acceptors (Lipinski definition) is 5. The number of carbonyl (C=O) groups excluding carboxylic acids is 1. The molecule has 1 aliphatic heterocycles. The molecule has 0 bridgehead atoms. The van der Waals surface area contributed by atoms with E-state index in [2.05, 4.69) is 10.2 Å². The first-order chi connectivity index (χ1) is 13.7. The Bertz CT molecular complexity index is 771. The molecule has 0 aliphatic carbocycles. The maximum Gasteiger partial charge on any atom is 0.250 e. The minimum Gasteiger partial charge on any atom is -0.494 e. The van der Waals surface area contributed by atoms with Crippen LogP contribution in [0.3, 0.4) is 0 Å². The second kappa shape index (κ2) is 9.88. The van der Waals surface area contributed by atoms with E-state index in [4.69, 9.17) is 15.2 Å². The lowest BCUT2D eigenvalue weighted by atomic mass is 10.1. The monoisotopic (exact) mass is 383 g/mol. The third-order valence-corrected chi connectivity index (χ3v) is 4.81. The lowest BCUT2D eigenvalue weighted by Gasteiger charge is -2.29. The van der Waals surface area contributed by atoms with Gasteiger partial charge in [0, 0.05) is 31.0 Å². The number of anilines is 2. The number of benzene rings is 2. The van der Waals surface area contributed by atoms with E-state index in [0.717, 1.165) is 36.0 Å². The largest absolute Gasteiger partial charge is 0.494 e. The summed E-state index contributed by atoms with van der Waals surface area (Å²) in [7, 11) is 0. The fourth-order valence-electron chi connectivity index (χ4n) is 3.39. The summed E-state index contributed by atoms with van der Waals surface area (Å²) in [5.41, 5.74) is 7.92. The Kier molecular flexibility index (Phi) is 7.00. The number of piperidine rings is 1. The summed E-state index contributed by atoms with van der Waals surface area (Å²) in [5.74, 6) is 1.18. The smallest absolute Gasteiger partial charge is 0.250 e. The van der Waals surface area contributed by atoms with Gasteiger partial charge in [0.1, 0.15) is 18.1 Å². The molecule has 150 valence electrons. The summed E-state index contributed by atoms with van der Waals surface area (Å²) in [6, 6.07) is 13.4. The van der Waals surface area contributed by atoms with Crippen LogP contribution in [0, 0.1) is 0 Å². The van der Waals surface area contributed by atoms with E-state index in [1.54, 1.807) is 0 Å². The van der Waals surface area contributed by atoms with Crippen molar-refractivity contribution >= 4 is 17.3 Å². The average Bonchev–Trinajstić information content (AvgIpc) is 2.73. The van der Waals surface area contributed by atoms with Crippen molar-refractivity contribution in [1.82, 2.24) is 0 Å². The van der Waals surface area contributed by atoms with E-state index in [-0.39, 0.29) is 0 Å². The van der Waals surface area contributed by atoms with Crippen LogP contribution >= 0.6 is 0 Å². The van der Waals surface area contributed by atoms with Crippen molar-refractivity contribution in [3.05, 3.63) is 48.0 Å². The highest BCUT2D eigenvalue weighted by atomic mass is 16.5. The summed E-state index contributed by atoms with van der Waals surface area (Å²) in [5, 5.41) is 3.26. The Morgan fingerprint density at radius 2 is 1.71 bits per heavy atom. The molecule has 1 amide bonds. The average molecular weight is 383 g/mol. The van der Waals surface area contributed by atoms with Crippen LogP contribution in [0.5, 0.6) is 11.5 Å². The zero-order valence-electron chi connectivity index (χ0n) is 16.4. The van der Waals surface area contributed by atoms with Crippen LogP contribution in [0.25, 0.3) is 0 Å². The van der Waals surface area contributed by atoms with Crippen LogP contribution in [-0.4, -0.2) is 38.8 Å². The van der Waals surface area contributed by atoms with Crippen molar-refractivity contribution in [3.8, 4) is 11.5 Å². The number of nitrogens with one attached hydrogen (secondary N) is 1. The van der Waals surface area contributed by atoms with Gasteiger partial charge in [0.15, 0.2) is 0 Å². The van der Waals surface area contributed by atoms with E-state index in [9.17, 15) is 4.79 Å². The molecule has 3 N–H and O–H groups in total. The van der Waals surface area contributed by atoms with Crippen molar-refractivity contribution in [2.45, 2.75) is 26.2 Å². The zero-order valence-corrected chi connectivity index (χ0v) is 16.4. The van der Waals surface area contributed by atoms with Gasteiger partial charge in [-0.1, -0.05) is 0 Å². The normalized spacial score (nSPS) is 13.8. The van der Waals surface area contributed by atoms with Crippen molar-refractivity contribution < 1.29 is 14.3 Å². The SMILES string of the molecule is CCOc1ccc(OCCNc2ccc(N3CCCCC3)cc2C(N)=O)cc1. The highest BCUT2D eigenvalue weighted by Crippen LogP contribution is 2.25. The maximum absolute atomic E-state index is 11.9. The number of carbonyl (C=O) groups is 1. The Labute approximate surface area is 166 Å². The second-order valence-electron chi connectivity index (χ2n) is 6.82. The fraction of sp³-hybridized carbons (Fsp3) is 0.409. The number of rotatable bonds is 9.